The van der Waals surface area contributed by atoms with E-state index < -0.39 is 0 Å². The van der Waals surface area contributed by atoms with E-state index in [2.05, 4.69) is 35.0 Å². The van der Waals surface area contributed by atoms with Gasteiger partial charge in [0, 0.05) is 20.5 Å². The minimum atomic E-state index is 0.841. The number of hydrogen-bond acceptors (Lipinski definition) is 2. The third-order valence-electron chi connectivity index (χ3n) is 2.22. The molecule has 0 bridgehead atoms. The second-order valence-corrected chi connectivity index (χ2v) is 4.97. The standard InChI is InChI=1S/C11H11BrOS/c1-7-5-8-3-4-10(13-2)9(6-12)11(8)14-7/h3-5H,6H2,1-2H3. The van der Waals surface area contributed by atoms with Gasteiger partial charge in [0.05, 0.1) is 7.11 Å². The lowest BCUT2D eigenvalue weighted by Gasteiger charge is -2.06. The third kappa shape index (κ3) is 1.55. The Morgan fingerprint density at radius 3 is 2.86 bits per heavy atom. The molecule has 0 saturated carbocycles. The number of alkyl halides is 1. The summed E-state index contributed by atoms with van der Waals surface area (Å²) in [5.74, 6) is 0.969. The molecule has 0 aliphatic rings. The highest BCUT2D eigenvalue weighted by Gasteiger charge is 2.09. The number of thiophene rings is 1. The Morgan fingerprint density at radius 2 is 2.21 bits per heavy atom. The van der Waals surface area contributed by atoms with Crippen molar-refractivity contribution in [1.82, 2.24) is 0 Å². The Balaban J connectivity index is 2.75. The molecule has 0 unspecified atom stereocenters. The molecule has 74 valence electrons. The molecule has 14 heavy (non-hydrogen) atoms. The van der Waals surface area contributed by atoms with Crippen LogP contribution < -0.4 is 4.74 Å². The van der Waals surface area contributed by atoms with Crippen molar-refractivity contribution >= 4 is 37.4 Å². The van der Waals surface area contributed by atoms with Gasteiger partial charge in [0.25, 0.3) is 0 Å². The van der Waals surface area contributed by atoms with Crippen LogP contribution in [0.2, 0.25) is 0 Å². The Labute approximate surface area is 95.8 Å². The minimum Gasteiger partial charge on any atom is -0.496 e. The molecule has 1 heterocycles. The molecule has 1 aromatic carbocycles. The number of halogens is 1. The highest BCUT2D eigenvalue weighted by molar-refractivity contribution is 9.08. The lowest BCUT2D eigenvalue weighted by atomic mass is 10.1. The summed E-state index contributed by atoms with van der Waals surface area (Å²) in [4.78, 5) is 1.34. The molecule has 3 heteroatoms. The fourth-order valence-corrected chi connectivity index (χ4v) is 3.38. The van der Waals surface area contributed by atoms with Crippen molar-refractivity contribution in [3.8, 4) is 5.75 Å². The molecular formula is C11H11BrOS. The molecule has 1 nitrogen and oxygen atoms in total. The van der Waals surface area contributed by atoms with E-state index >= 15 is 0 Å². The summed E-state index contributed by atoms with van der Waals surface area (Å²) in [7, 11) is 1.72. The van der Waals surface area contributed by atoms with Crippen LogP contribution >= 0.6 is 27.3 Å². The van der Waals surface area contributed by atoms with Crippen LogP contribution in [0.25, 0.3) is 10.1 Å². The first-order valence-corrected chi connectivity index (χ1v) is 6.32. The van der Waals surface area contributed by atoms with Crippen LogP contribution in [0, 0.1) is 6.92 Å². The molecule has 0 aliphatic heterocycles. The first kappa shape index (κ1) is 9.99. The molecule has 0 N–H and O–H groups in total. The average molecular weight is 271 g/mol. The fourth-order valence-electron chi connectivity index (χ4n) is 1.59. The van der Waals surface area contributed by atoms with Crippen LogP contribution in [-0.2, 0) is 5.33 Å². The zero-order chi connectivity index (χ0) is 10.1. The quantitative estimate of drug-likeness (QED) is 0.747. The lowest BCUT2D eigenvalue weighted by Crippen LogP contribution is -1.88. The van der Waals surface area contributed by atoms with Gasteiger partial charge in [-0.25, -0.2) is 0 Å². The van der Waals surface area contributed by atoms with E-state index in [-0.39, 0.29) is 0 Å². The molecule has 1 aromatic heterocycles. The molecule has 2 rings (SSSR count). The number of methoxy groups -OCH3 is 1. The van der Waals surface area contributed by atoms with Crippen LogP contribution in [0.15, 0.2) is 18.2 Å². The highest BCUT2D eigenvalue weighted by atomic mass is 79.9. The van der Waals surface area contributed by atoms with Gasteiger partial charge in [-0.1, -0.05) is 15.9 Å². The highest BCUT2D eigenvalue weighted by Crippen LogP contribution is 2.35. The normalized spacial score (nSPS) is 10.8. The molecular weight excluding hydrogens is 260 g/mol. The average Bonchev–Trinajstić information content (AvgIpc) is 2.56. The van der Waals surface area contributed by atoms with E-state index in [0.717, 1.165) is 11.1 Å². The lowest BCUT2D eigenvalue weighted by molar-refractivity contribution is 0.412. The van der Waals surface area contributed by atoms with Gasteiger partial charge in [0.1, 0.15) is 5.75 Å². The second kappa shape index (κ2) is 3.91. The number of benzene rings is 1. The zero-order valence-electron chi connectivity index (χ0n) is 8.13. The van der Waals surface area contributed by atoms with Crippen molar-refractivity contribution in [2.45, 2.75) is 12.3 Å². The van der Waals surface area contributed by atoms with E-state index in [4.69, 9.17) is 4.74 Å². The molecule has 0 fully saturated rings. The second-order valence-electron chi connectivity index (χ2n) is 3.16. The molecule has 0 aliphatic carbocycles. The van der Waals surface area contributed by atoms with E-state index in [9.17, 15) is 0 Å². The largest absolute Gasteiger partial charge is 0.496 e. The van der Waals surface area contributed by atoms with Crippen molar-refractivity contribution in [3.63, 3.8) is 0 Å². The number of rotatable bonds is 2. The Kier molecular flexibility index (Phi) is 2.79. The van der Waals surface area contributed by atoms with Crippen LogP contribution in [0.3, 0.4) is 0 Å². The Morgan fingerprint density at radius 1 is 1.43 bits per heavy atom. The van der Waals surface area contributed by atoms with Crippen LogP contribution in [0.1, 0.15) is 10.4 Å². The number of aryl methyl sites for hydroxylation is 1. The molecule has 0 spiro atoms. The van der Waals surface area contributed by atoms with Crippen molar-refractivity contribution in [3.05, 3.63) is 28.6 Å². The minimum absolute atomic E-state index is 0.841. The monoisotopic (exact) mass is 270 g/mol. The summed E-state index contributed by atoms with van der Waals surface area (Å²) in [6.45, 7) is 2.13. The van der Waals surface area contributed by atoms with E-state index in [0.29, 0.717) is 0 Å². The SMILES string of the molecule is COc1ccc2cc(C)sc2c1CBr. The smallest absolute Gasteiger partial charge is 0.124 e. The summed E-state index contributed by atoms with van der Waals surface area (Å²) in [6, 6.07) is 6.36. The van der Waals surface area contributed by atoms with Crippen LogP contribution in [0.5, 0.6) is 5.75 Å². The number of fused-ring (bicyclic) bond motifs is 1. The van der Waals surface area contributed by atoms with Crippen molar-refractivity contribution < 1.29 is 4.74 Å². The maximum absolute atomic E-state index is 5.33. The Hall–Kier alpha value is -0.540. The van der Waals surface area contributed by atoms with Crippen molar-refractivity contribution in [2.75, 3.05) is 7.11 Å². The maximum atomic E-state index is 5.33. The van der Waals surface area contributed by atoms with Gasteiger partial charge < -0.3 is 4.74 Å². The van der Waals surface area contributed by atoms with E-state index in [1.807, 2.05) is 17.4 Å². The number of ether oxygens (including phenoxy) is 1. The topological polar surface area (TPSA) is 9.23 Å². The molecule has 2 aromatic rings. The summed E-state index contributed by atoms with van der Waals surface area (Å²) in [5.41, 5.74) is 1.25. The summed E-state index contributed by atoms with van der Waals surface area (Å²) in [5, 5.41) is 2.15. The van der Waals surface area contributed by atoms with Gasteiger partial charge in [-0.3, -0.25) is 0 Å². The van der Waals surface area contributed by atoms with Crippen molar-refractivity contribution in [1.29, 1.82) is 0 Å². The van der Waals surface area contributed by atoms with Crippen LogP contribution in [-0.4, -0.2) is 7.11 Å². The molecule has 0 atom stereocenters. The predicted octanol–water partition coefficient (Wildman–Crippen LogP) is 4.11. The van der Waals surface area contributed by atoms with Gasteiger partial charge in [-0.15, -0.1) is 11.3 Å². The molecule has 0 radical (unpaired) electrons. The zero-order valence-corrected chi connectivity index (χ0v) is 10.5. The Bertz CT molecular complexity index is 462. The third-order valence-corrected chi connectivity index (χ3v) is 3.91. The van der Waals surface area contributed by atoms with Crippen LogP contribution in [0.4, 0.5) is 0 Å². The predicted molar refractivity (Wildman–Crippen MR) is 65.7 cm³/mol. The fraction of sp³-hybridized carbons (Fsp3) is 0.273. The van der Waals surface area contributed by atoms with Crippen molar-refractivity contribution in [2.24, 2.45) is 0 Å². The van der Waals surface area contributed by atoms with E-state index in [1.54, 1.807) is 7.11 Å². The summed E-state index contributed by atoms with van der Waals surface area (Å²) in [6.07, 6.45) is 0. The van der Waals surface area contributed by atoms with Gasteiger partial charge in [-0.05, 0) is 30.5 Å². The first-order chi connectivity index (χ1) is 6.76. The number of hydrogen-bond donors (Lipinski definition) is 0. The molecule has 0 amide bonds. The summed E-state index contributed by atoms with van der Waals surface area (Å²) < 4.78 is 6.66. The van der Waals surface area contributed by atoms with Gasteiger partial charge >= 0.3 is 0 Å². The van der Waals surface area contributed by atoms with Gasteiger partial charge in [-0.2, -0.15) is 0 Å². The van der Waals surface area contributed by atoms with Gasteiger partial charge in [0.2, 0.25) is 0 Å². The first-order valence-electron chi connectivity index (χ1n) is 4.38. The van der Waals surface area contributed by atoms with E-state index in [1.165, 1.54) is 20.5 Å². The molecule has 0 saturated heterocycles. The maximum Gasteiger partial charge on any atom is 0.124 e. The summed E-state index contributed by atoms with van der Waals surface area (Å²) >= 11 is 5.33. The van der Waals surface area contributed by atoms with Gasteiger partial charge in [0.15, 0.2) is 0 Å².